The molecule has 0 bridgehead atoms. The predicted molar refractivity (Wildman–Crippen MR) is 58.9 cm³/mol. The van der Waals surface area contributed by atoms with Crippen molar-refractivity contribution in [3.8, 4) is 0 Å². The van der Waals surface area contributed by atoms with Crippen molar-refractivity contribution >= 4 is 18.6 Å². The van der Waals surface area contributed by atoms with Gasteiger partial charge in [0.25, 0.3) is 0 Å². The molecule has 0 atom stereocenters. The number of rotatable bonds is 2. The Morgan fingerprint density at radius 3 is 2.64 bits per heavy atom. The molecule has 2 rings (SSSR count). The van der Waals surface area contributed by atoms with E-state index in [1.165, 1.54) is 0 Å². The third kappa shape index (κ3) is 2.71. The van der Waals surface area contributed by atoms with Crippen LogP contribution in [0.5, 0.6) is 0 Å². The van der Waals surface area contributed by atoms with Gasteiger partial charge in [-0.25, -0.2) is 9.66 Å². The molecule has 0 aliphatic carbocycles. The molecule has 0 fully saturated rings. The summed E-state index contributed by atoms with van der Waals surface area (Å²) < 4.78 is 1.66. The first-order valence-corrected chi connectivity index (χ1v) is 4.02. The lowest BCUT2D eigenvalue weighted by Gasteiger charge is -1.91. The molecule has 0 radical (unpaired) electrons. The SMILES string of the molecule is C(=Nn1ccnc1)c1ccccc1.Cl. The molecule has 14 heavy (non-hydrogen) atoms. The predicted octanol–water partition coefficient (Wildman–Crippen LogP) is 2.19. The van der Waals surface area contributed by atoms with E-state index >= 15 is 0 Å². The van der Waals surface area contributed by atoms with E-state index in [9.17, 15) is 0 Å². The summed E-state index contributed by atoms with van der Waals surface area (Å²) >= 11 is 0. The van der Waals surface area contributed by atoms with Gasteiger partial charge in [-0.2, -0.15) is 5.10 Å². The Bertz CT molecular complexity index is 381. The molecule has 3 nitrogen and oxygen atoms in total. The van der Waals surface area contributed by atoms with E-state index in [2.05, 4.69) is 10.1 Å². The molecule has 0 amide bonds. The van der Waals surface area contributed by atoms with Crippen LogP contribution in [0.25, 0.3) is 0 Å². The lowest BCUT2D eigenvalue weighted by Crippen LogP contribution is -1.85. The van der Waals surface area contributed by atoms with Crippen molar-refractivity contribution in [2.75, 3.05) is 0 Å². The van der Waals surface area contributed by atoms with Crippen LogP contribution in [-0.4, -0.2) is 15.9 Å². The van der Waals surface area contributed by atoms with Gasteiger partial charge < -0.3 is 0 Å². The first kappa shape index (κ1) is 10.5. The second kappa shape index (κ2) is 5.19. The van der Waals surface area contributed by atoms with Crippen LogP contribution in [0.2, 0.25) is 0 Å². The summed E-state index contributed by atoms with van der Waals surface area (Å²) in [4.78, 5) is 3.88. The summed E-state index contributed by atoms with van der Waals surface area (Å²) in [7, 11) is 0. The normalized spacial score (nSPS) is 10.0. The first-order valence-electron chi connectivity index (χ1n) is 4.02. The van der Waals surface area contributed by atoms with Gasteiger partial charge in [0.15, 0.2) is 0 Å². The molecule has 1 aromatic heterocycles. The highest BCUT2D eigenvalue weighted by atomic mass is 35.5. The van der Waals surface area contributed by atoms with Gasteiger partial charge in [-0.1, -0.05) is 30.3 Å². The molecule has 0 saturated carbocycles. The standard InChI is InChI=1S/C10H9N3.ClH/c1-2-4-10(5-3-1)8-12-13-7-6-11-9-13;/h1-9H;1H. The van der Waals surface area contributed by atoms with Crippen LogP contribution in [0.1, 0.15) is 5.56 Å². The molecule has 1 heterocycles. The smallest absolute Gasteiger partial charge is 0.116 e. The largest absolute Gasteiger partial charge is 0.243 e. The third-order valence-corrected chi connectivity index (χ3v) is 1.63. The molecule has 1 aromatic carbocycles. The summed E-state index contributed by atoms with van der Waals surface area (Å²) in [5.41, 5.74) is 1.08. The van der Waals surface area contributed by atoms with Crippen molar-refractivity contribution in [1.82, 2.24) is 9.66 Å². The van der Waals surface area contributed by atoms with E-state index in [-0.39, 0.29) is 12.4 Å². The zero-order chi connectivity index (χ0) is 8.93. The highest BCUT2D eigenvalue weighted by Gasteiger charge is 1.84. The molecule has 0 aliphatic heterocycles. The molecule has 0 N–H and O–H groups in total. The van der Waals surface area contributed by atoms with Crippen LogP contribution in [-0.2, 0) is 0 Å². The van der Waals surface area contributed by atoms with Crippen molar-refractivity contribution in [1.29, 1.82) is 0 Å². The van der Waals surface area contributed by atoms with Gasteiger partial charge in [0.2, 0.25) is 0 Å². The van der Waals surface area contributed by atoms with Crippen molar-refractivity contribution < 1.29 is 0 Å². The van der Waals surface area contributed by atoms with Crippen LogP contribution in [0, 0.1) is 0 Å². The fourth-order valence-electron chi connectivity index (χ4n) is 0.993. The van der Waals surface area contributed by atoms with E-state index in [4.69, 9.17) is 0 Å². The van der Waals surface area contributed by atoms with Crippen LogP contribution >= 0.6 is 12.4 Å². The second-order valence-corrected chi connectivity index (χ2v) is 2.60. The second-order valence-electron chi connectivity index (χ2n) is 2.60. The van der Waals surface area contributed by atoms with Gasteiger partial charge in [0, 0.05) is 12.4 Å². The average molecular weight is 208 g/mol. The van der Waals surface area contributed by atoms with Crippen LogP contribution in [0.15, 0.2) is 54.2 Å². The number of imidazole rings is 1. The third-order valence-electron chi connectivity index (χ3n) is 1.63. The number of hydrogen-bond donors (Lipinski definition) is 0. The van der Waals surface area contributed by atoms with E-state index in [0.29, 0.717) is 0 Å². The summed E-state index contributed by atoms with van der Waals surface area (Å²) in [6.07, 6.45) is 6.93. The Balaban J connectivity index is 0.000000980. The molecule has 72 valence electrons. The monoisotopic (exact) mass is 207 g/mol. The number of nitrogens with zero attached hydrogens (tertiary/aromatic N) is 3. The lowest BCUT2D eigenvalue weighted by molar-refractivity contribution is 0.882. The Kier molecular flexibility index (Phi) is 3.88. The molecule has 0 spiro atoms. The lowest BCUT2D eigenvalue weighted by atomic mass is 10.2. The molecule has 0 unspecified atom stereocenters. The van der Waals surface area contributed by atoms with Crippen LogP contribution in [0.4, 0.5) is 0 Å². The molecular formula is C10H10ClN3. The Morgan fingerprint density at radius 2 is 2.00 bits per heavy atom. The number of hydrogen-bond acceptors (Lipinski definition) is 2. The van der Waals surface area contributed by atoms with Gasteiger partial charge >= 0.3 is 0 Å². The average Bonchev–Trinajstić information content (AvgIpc) is 2.69. The van der Waals surface area contributed by atoms with Gasteiger partial charge in [-0.05, 0) is 5.56 Å². The maximum atomic E-state index is 4.17. The summed E-state index contributed by atoms with van der Waals surface area (Å²) in [6, 6.07) is 9.94. The minimum Gasteiger partial charge on any atom is -0.243 e. The molecule has 0 saturated heterocycles. The fraction of sp³-hybridized carbons (Fsp3) is 0. The van der Waals surface area contributed by atoms with Crippen LogP contribution < -0.4 is 0 Å². The highest BCUT2D eigenvalue weighted by Crippen LogP contribution is 1.94. The molecule has 0 aliphatic rings. The highest BCUT2D eigenvalue weighted by molar-refractivity contribution is 5.85. The van der Waals surface area contributed by atoms with Gasteiger partial charge in [0.1, 0.15) is 6.33 Å². The van der Waals surface area contributed by atoms with Gasteiger partial charge in [-0.15, -0.1) is 12.4 Å². The van der Waals surface area contributed by atoms with E-state index < -0.39 is 0 Å². The van der Waals surface area contributed by atoms with E-state index in [1.54, 1.807) is 29.6 Å². The van der Waals surface area contributed by atoms with Gasteiger partial charge in [0.05, 0.1) is 6.21 Å². The number of halogens is 1. The maximum absolute atomic E-state index is 4.17. The van der Waals surface area contributed by atoms with Crippen molar-refractivity contribution in [3.05, 3.63) is 54.6 Å². The van der Waals surface area contributed by atoms with E-state index in [0.717, 1.165) is 5.56 Å². The topological polar surface area (TPSA) is 30.2 Å². The number of benzene rings is 1. The van der Waals surface area contributed by atoms with Crippen molar-refractivity contribution in [2.45, 2.75) is 0 Å². The maximum Gasteiger partial charge on any atom is 0.116 e. The molecule has 4 heteroatoms. The van der Waals surface area contributed by atoms with Crippen molar-refractivity contribution in [3.63, 3.8) is 0 Å². The fourth-order valence-corrected chi connectivity index (χ4v) is 0.993. The van der Waals surface area contributed by atoms with E-state index in [1.807, 2.05) is 30.3 Å². The summed E-state index contributed by atoms with van der Waals surface area (Å²) in [6.45, 7) is 0. The Morgan fingerprint density at radius 1 is 1.21 bits per heavy atom. The van der Waals surface area contributed by atoms with Gasteiger partial charge in [-0.3, -0.25) is 0 Å². The summed E-state index contributed by atoms with van der Waals surface area (Å²) in [5, 5.41) is 4.17. The zero-order valence-electron chi connectivity index (χ0n) is 7.45. The zero-order valence-corrected chi connectivity index (χ0v) is 8.26. The summed E-state index contributed by atoms with van der Waals surface area (Å²) in [5.74, 6) is 0. The van der Waals surface area contributed by atoms with Crippen molar-refractivity contribution in [2.24, 2.45) is 5.10 Å². The van der Waals surface area contributed by atoms with Crippen LogP contribution in [0.3, 0.4) is 0 Å². The number of aromatic nitrogens is 2. The first-order chi connectivity index (χ1) is 6.45. The minimum absolute atomic E-state index is 0. The molecular weight excluding hydrogens is 198 g/mol. The minimum atomic E-state index is 0. The quantitative estimate of drug-likeness (QED) is 0.695. The molecule has 2 aromatic rings. The Hall–Kier alpha value is -1.61. The Labute approximate surface area is 88.5 Å².